The fourth-order valence-electron chi connectivity index (χ4n) is 2.06. The van der Waals surface area contributed by atoms with E-state index < -0.39 is 5.60 Å². The second-order valence-corrected chi connectivity index (χ2v) is 5.37. The molecular weight excluding hydrogens is 206 g/mol. The summed E-state index contributed by atoms with van der Waals surface area (Å²) in [5.41, 5.74) is -0.481. The molecule has 0 aromatic heterocycles. The number of carbonyl (C=O) groups excluding carboxylic acids is 2. The zero-order valence-corrected chi connectivity index (χ0v) is 10.5. The molecule has 0 aromatic carbocycles. The quantitative estimate of drug-likeness (QED) is 0.680. The van der Waals surface area contributed by atoms with Crippen LogP contribution in [-0.2, 0) is 9.53 Å². The van der Waals surface area contributed by atoms with Crippen molar-refractivity contribution in [1.82, 2.24) is 4.90 Å². The normalized spacial score (nSPS) is 25.6. The molecule has 4 nitrogen and oxygen atoms in total. The zero-order valence-electron chi connectivity index (χ0n) is 10.5. The Morgan fingerprint density at radius 1 is 1.44 bits per heavy atom. The second-order valence-electron chi connectivity index (χ2n) is 5.37. The molecular formula is C12H21NO3. The van der Waals surface area contributed by atoms with Crippen LogP contribution in [0.1, 0.15) is 47.0 Å². The highest BCUT2D eigenvalue weighted by atomic mass is 16.6. The summed E-state index contributed by atoms with van der Waals surface area (Å²) >= 11 is 0. The monoisotopic (exact) mass is 227 g/mol. The van der Waals surface area contributed by atoms with E-state index in [1.807, 2.05) is 27.7 Å². The highest BCUT2D eigenvalue weighted by Crippen LogP contribution is 2.27. The molecule has 1 rings (SSSR count). The first-order chi connectivity index (χ1) is 7.35. The molecule has 0 unspecified atom stereocenters. The van der Waals surface area contributed by atoms with E-state index >= 15 is 0 Å². The van der Waals surface area contributed by atoms with Gasteiger partial charge in [0, 0.05) is 18.5 Å². The fraction of sp³-hybridized carbons (Fsp3) is 0.833. The topological polar surface area (TPSA) is 46.6 Å². The number of nitrogens with zero attached hydrogens (tertiary/aromatic N) is 1. The first kappa shape index (κ1) is 13.0. The molecule has 1 saturated heterocycles. The maximum atomic E-state index is 11.9. The lowest BCUT2D eigenvalue weighted by Gasteiger charge is -2.30. The van der Waals surface area contributed by atoms with Gasteiger partial charge in [-0.3, -0.25) is 0 Å². The van der Waals surface area contributed by atoms with Crippen molar-refractivity contribution in [2.24, 2.45) is 0 Å². The van der Waals surface area contributed by atoms with Crippen molar-refractivity contribution in [3.8, 4) is 0 Å². The van der Waals surface area contributed by atoms with E-state index in [0.29, 0.717) is 6.42 Å². The smallest absolute Gasteiger partial charge is 0.410 e. The molecule has 0 N–H and O–H groups in total. The Labute approximate surface area is 96.9 Å². The number of hydrogen-bond acceptors (Lipinski definition) is 3. The Hall–Kier alpha value is -1.06. The van der Waals surface area contributed by atoms with Gasteiger partial charge in [-0.15, -0.1) is 0 Å². The van der Waals surface area contributed by atoms with Gasteiger partial charge in [-0.2, -0.15) is 0 Å². The highest BCUT2D eigenvalue weighted by Gasteiger charge is 2.36. The average Bonchev–Trinajstić information content (AvgIpc) is 2.44. The molecule has 1 aliphatic heterocycles. The first-order valence-corrected chi connectivity index (χ1v) is 5.80. The van der Waals surface area contributed by atoms with Crippen LogP contribution in [0.15, 0.2) is 0 Å². The van der Waals surface area contributed by atoms with Crippen molar-refractivity contribution in [3.05, 3.63) is 0 Å². The largest absolute Gasteiger partial charge is 0.444 e. The SMILES string of the molecule is C[C@H]1CC[C@@H](CC=O)N1C(=O)OC(C)(C)C. The summed E-state index contributed by atoms with van der Waals surface area (Å²) in [7, 11) is 0. The number of carbonyl (C=O) groups is 2. The van der Waals surface area contributed by atoms with Gasteiger partial charge >= 0.3 is 6.09 Å². The summed E-state index contributed by atoms with van der Waals surface area (Å²) in [6.07, 6.45) is 2.81. The molecule has 0 aromatic rings. The number of aldehydes is 1. The van der Waals surface area contributed by atoms with Gasteiger partial charge in [0.2, 0.25) is 0 Å². The van der Waals surface area contributed by atoms with E-state index in [2.05, 4.69) is 0 Å². The highest BCUT2D eigenvalue weighted by molar-refractivity contribution is 5.70. The Balaban J connectivity index is 2.67. The van der Waals surface area contributed by atoms with Gasteiger partial charge in [-0.1, -0.05) is 0 Å². The van der Waals surface area contributed by atoms with Crippen molar-refractivity contribution in [2.75, 3.05) is 0 Å². The van der Waals surface area contributed by atoms with Crippen LogP contribution >= 0.6 is 0 Å². The summed E-state index contributed by atoms with van der Waals surface area (Å²) in [5, 5.41) is 0. The first-order valence-electron chi connectivity index (χ1n) is 5.80. The minimum Gasteiger partial charge on any atom is -0.444 e. The molecule has 1 aliphatic rings. The average molecular weight is 227 g/mol. The van der Waals surface area contributed by atoms with E-state index in [1.165, 1.54) is 0 Å². The van der Waals surface area contributed by atoms with Crippen LogP contribution in [0.3, 0.4) is 0 Å². The van der Waals surface area contributed by atoms with Gasteiger partial charge in [0.15, 0.2) is 0 Å². The standard InChI is InChI=1S/C12H21NO3/c1-9-5-6-10(7-8-14)13(9)11(15)16-12(2,3)4/h8-10H,5-7H2,1-4H3/t9-,10-/m0/s1. The molecule has 1 heterocycles. The van der Waals surface area contributed by atoms with Gasteiger partial charge < -0.3 is 14.4 Å². The number of ether oxygens (including phenoxy) is 1. The summed E-state index contributed by atoms with van der Waals surface area (Å²) in [4.78, 5) is 24.2. The summed E-state index contributed by atoms with van der Waals surface area (Å²) in [6, 6.07) is 0.183. The van der Waals surface area contributed by atoms with Crippen LogP contribution in [-0.4, -0.2) is 35.0 Å². The van der Waals surface area contributed by atoms with Gasteiger partial charge in [0.1, 0.15) is 11.9 Å². The van der Waals surface area contributed by atoms with Gasteiger partial charge in [-0.05, 0) is 40.5 Å². The summed E-state index contributed by atoms with van der Waals surface area (Å²) < 4.78 is 5.34. The van der Waals surface area contributed by atoms with Gasteiger partial charge in [-0.25, -0.2) is 4.79 Å². The molecule has 1 amide bonds. The summed E-state index contributed by atoms with van der Waals surface area (Å²) in [6.45, 7) is 7.54. The lowest BCUT2D eigenvalue weighted by molar-refractivity contribution is -0.108. The molecule has 1 fully saturated rings. The lowest BCUT2D eigenvalue weighted by atomic mass is 10.1. The number of likely N-dealkylation sites (tertiary alicyclic amines) is 1. The molecule has 0 bridgehead atoms. The summed E-state index contributed by atoms with van der Waals surface area (Å²) in [5.74, 6) is 0. The van der Waals surface area contributed by atoms with E-state index in [-0.39, 0.29) is 18.2 Å². The molecule has 4 heteroatoms. The van der Waals surface area contributed by atoms with E-state index in [4.69, 9.17) is 4.74 Å². The lowest BCUT2D eigenvalue weighted by Crippen LogP contribution is -2.43. The van der Waals surface area contributed by atoms with Gasteiger partial charge in [0.05, 0.1) is 0 Å². The predicted molar refractivity (Wildman–Crippen MR) is 61.2 cm³/mol. The molecule has 92 valence electrons. The van der Waals surface area contributed by atoms with Crippen molar-refractivity contribution in [3.63, 3.8) is 0 Å². The molecule has 16 heavy (non-hydrogen) atoms. The van der Waals surface area contributed by atoms with Crippen molar-refractivity contribution in [2.45, 2.75) is 64.6 Å². The Kier molecular flexibility index (Phi) is 3.94. The third kappa shape index (κ3) is 3.22. The molecule has 2 atom stereocenters. The zero-order chi connectivity index (χ0) is 12.3. The van der Waals surface area contributed by atoms with Crippen molar-refractivity contribution >= 4 is 12.4 Å². The molecule has 0 saturated carbocycles. The van der Waals surface area contributed by atoms with Crippen molar-refractivity contribution in [1.29, 1.82) is 0 Å². The van der Waals surface area contributed by atoms with E-state index in [0.717, 1.165) is 19.1 Å². The predicted octanol–water partition coefficient (Wildman–Crippen LogP) is 2.36. The number of rotatable bonds is 2. The van der Waals surface area contributed by atoms with Crippen LogP contribution in [0.5, 0.6) is 0 Å². The Morgan fingerprint density at radius 2 is 2.06 bits per heavy atom. The maximum Gasteiger partial charge on any atom is 0.410 e. The second kappa shape index (κ2) is 4.85. The van der Waals surface area contributed by atoms with Crippen LogP contribution < -0.4 is 0 Å². The molecule has 0 spiro atoms. The molecule has 0 aliphatic carbocycles. The van der Waals surface area contributed by atoms with E-state index in [1.54, 1.807) is 4.90 Å². The Morgan fingerprint density at radius 3 is 2.56 bits per heavy atom. The Bertz CT molecular complexity index is 270. The third-order valence-corrected chi connectivity index (χ3v) is 2.76. The van der Waals surface area contributed by atoms with Crippen molar-refractivity contribution < 1.29 is 14.3 Å². The van der Waals surface area contributed by atoms with Crippen LogP contribution in [0, 0.1) is 0 Å². The van der Waals surface area contributed by atoms with Crippen LogP contribution in [0.4, 0.5) is 4.79 Å². The van der Waals surface area contributed by atoms with Crippen LogP contribution in [0.2, 0.25) is 0 Å². The minimum atomic E-state index is -0.481. The maximum absolute atomic E-state index is 11.9. The van der Waals surface area contributed by atoms with E-state index in [9.17, 15) is 9.59 Å². The van der Waals surface area contributed by atoms with Crippen LogP contribution in [0.25, 0.3) is 0 Å². The minimum absolute atomic E-state index is 0.0161. The fourth-order valence-corrected chi connectivity index (χ4v) is 2.06. The third-order valence-electron chi connectivity index (χ3n) is 2.76. The number of hydrogen-bond donors (Lipinski definition) is 0. The molecule has 0 radical (unpaired) electrons. The van der Waals surface area contributed by atoms with Gasteiger partial charge in [0.25, 0.3) is 0 Å². The number of amides is 1.